The monoisotopic (exact) mass is 245 g/mol. The van der Waals surface area contributed by atoms with E-state index in [0.717, 1.165) is 29.1 Å². The average molecular weight is 245 g/mol. The van der Waals surface area contributed by atoms with Crippen molar-refractivity contribution >= 4 is 0 Å². The zero-order valence-electron chi connectivity index (χ0n) is 11.1. The lowest BCUT2D eigenvalue weighted by Crippen LogP contribution is -2.13. The number of nitrogens with zero attached hydrogens (tertiary/aromatic N) is 2. The summed E-state index contributed by atoms with van der Waals surface area (Å²) >= 11 is 0. The van der Waals surface area contributed by atoms with Crippen LogP contribution in [0.1, 0.15) is 30.6 Å². The highest BCUT2D eigenvalue weighted by molar-refractivity contribution is 5.44. The summed E-state index contributed by atoms with van der Waals surface area (Å²) in [4.78, 5) is 4.19. The number of benzene rings is 1. The Bertz CT molecular complexity index is 534. The molecule has 0 aliphatic rings. The quantitative estimate of drug-likeness (QED) is 0.900. The standard InChI is InChI=1S/C14H19N3O/c1-4-12(15)13-8-16-9-17(13)11-5-6-14(18-3)10(2)7-11/h5-9,12H,4,15H2,1-3H3/t12-/m1/s1. The van der Waals surface area contributed by atoms with Crippen molar-refractivity contribution < 1.29 is 4.74 Å². The fourth-order valence-electron chi connectivity index (χ4n) is 2.02. The average Bonchev–Trinajstić information content (AvgIpc) is 2.86. The summed E-state index contributed by atoms with van der Waals surface area (Å²) in [6, 6.07) is 6.06. The number of hydrogen-bond acceptors (Lipinski definition) is 3. The van der Waals surface area contributed by atoms with Crippen LogP contribution >= 0.6 is 0 Å². The summed E-state index contributed by atoms with van der Waals surface area (Å²) in [5.41, 5.74) is 9.27. The van der Waals surface area contributed by atoms with Gasteiger partial charge in [-0.1, -0.05) is 6.92 Å². The molecule has 0 unspecified atom stereocenters. The van der Waals surface area contributed by atoms with Gasteiger partial charge in [0.05, 0.1) is 25.3 Å². The smallest absolute Gasteiger partial charge is 0.121 e. The Labute approximate surface area is 107 Å². The second-order valence-electron chi connectivity index (χ2n) is 4.36. The first-order valence-electron chi connectivity index (χ1n) is 6.10. The van der Waals surface area contributed by atoms with Crippen LogP contribution in [0.15, 0.2) is 30.7 Å². The molecule has 0 amide bonds. The van der Waals surface area contributed by atoms with Crippen LogP contribution in [0.3, 0.4) is 0 Å². The van der Waals surface area contributed by atoms with Gasteiger partial charge in [0.2, 0.25) is 0 Å². The van der Waals surface area contributed by atoms with Gasteiger partial charge < -0.3 is 15.0 Å². The number of nitrogens with two attached hydrogens (primary N) is 1. The largest absolute Gasteiger partial charge is 0.496 e. The molecule has 96 valence electrons. The summed E-state index contributed by atoms with van der Waals surface area (Å²) in [5.74, 6) is 0.889. The van der Waals surface area contributed by atoms with E-state index in [1.165, 1.54) is 0 Å². The molecule has 4 heteroatoms. The number of methoxy groups -OCH3 is 1. The fourth-order valence-corrected chi connectivity index (χ4v) is 2.02. The predicted molar refractivity (Wildman–Crippen MR) is 72.1 cm³/mol. The van der Waals surface area contributed by atoms with E-state index in [4.69, 9.17) is 10.5 Å². The van der Waals surface area contributed by atoms with Crippen LogP contribution in [0.25, 0.3) is 5.69 Å². The molecule has 0 radical (unpaired) electrons. The SMILES string of the molecule is CC[C@@H](N)c1cncn1-c1ccc(OC)c(C)c1. The van der Waals surface area contributed by atoms with Crippen molar-refractivity contribution in [3.8, 4) is 11.4 Å². The first-order valence-corrected chi connectivity index (χ1v) is 6.10. The van der Waals surface area contributed by atoms with Crippen molar-refractivity contribution in [3.63, 3.8) is 0 Å². The van der Waals surface area contributed by atoms with Crippen molar-refractivity contribution in [2.75, 3.05) is 7.11 Å². The number of aryl methyl sites for hydroxylation is 1. The highest BCUT2D eigenvalue weighted by Crippen LogP contribution is 2.23. The van der Waals surface area contributed by atoms with Gasteiger partial charge >= 0.3 is 0 Å². The van der Waals surface area contributed by atoms with E-state index in [-0.39, 0.29) is 6.04 Å². The zero-order chi connectivity index (χ0) is 13.1. The number of imidazole rings is 1. The highest BCUT2D eigenvalue weighted by atomic mass is 16.5. The van der Waals surface area contributed by atoms with Gasteiger partial charge in [0.25, 0.3) is 0 Å². The Kier molecular flexibility index (Phi) is 3.67. The van der Waals surface area contributed by atoms with E-state index >= 15 is 0 Å². The van der Waals surface area contributed by atoms with Gasteiger partial charge in [0.1, 0.15) is 5.75 Å². The number of rotatable bonds is 4. The van der Waals surface area contributed by atoms with Gasteiger partial charge in [-0.15, -0.1) is 0 Å². The van der Waals surface area contributed by atoms with E-state index in [1.54, 1.807) is 13.4 Å². The molecule has 0 fully saturated rings. The minimum absolute atomic E-state index is 0.00917. The first kappa shape index (κ1) is 12.6. The predicted octanol–water partition coefficient (Wildman–Crippen LogP) is 2.60. The molecule has 0 saturated heterocycles. The second-order valence-corrected chi connectivity index (χ2v) is 4.36. The van der Waals surface area contributed by atoms with E-state index in [9.17, 15) is 0 Å². The van der Waals surface area contributed by atoms with Gasteiger partial charge in [-0.2, -0.15) is 0 Å². The molecule has 1 heterocycles. The Morgan fingerprint density at radius 1 is 1.44 bits per heavy atom. The lowest BCUT2D eigenvalue weighted by molar-refractivity contribution is 0.411. The maximum Gasteiger partial charge on any atom is 0.121 e. The highest BCUT2D eigenvalue weighted by Gasteiger charge is 2.11. The lowest BCUT2D eigenvalue weighted by Gasteiger charge is -2.14. The molecule has 0 saturated carbocycles. The molecule has 1 atom stereocenters. The second kappa shape index (κ2) is 5.23. The van der Waals surface area contributed by atoms with Crippen molar-refractivity contribution in [3.05, 3.63) is 42.0 Å². The topological polar surface area (TPSA) is 53.1 Å². The summed E-state index contributed by atoms with van der Waals surface area (Å²) in [6.45, 7) is 4.10. The summed E-state index contributed by atoms with van der Waals surface area (Å²) in [7, 11) is 1.68. The number of ether oxygens (including phenoxy) is 1. The van der Waals surface area contributed by atoms with Crippen LogP contribution in [0, 0.1) is 6.92 Å². The molecule has 0 bridgehead atoms. The number of hydrogen-bond donors (Lipinski definition) is 1. The van der Waals surface area contributed by atoms with Crippen molar-refractivity contribution in [1.29, 1.82) is 0 Å². The summed E-state index contributed by atoms with van der Waals surface area (Å²) in [6.07, 6.45) is 4.51. The van der Waals surface area contributed by atoms with Gasteiger partial charge in [-0.25, -0.2) is 4.98 Å². The van der Waals surface area contributed by atoms with Crippen LogP contribution in [-0.4, -0.2) is 16.7 Å². The van der Waals surface area contributed by atoms with Crippen LogP contribution in [0.4, 0.5) is 0 Å². The molecule has 1 aromatic carbocycles. The van der Waals surface area contributed by atoms with E-state index < -0.39 is 0 Å². The minimum atomic E-state index is 0.00917. The summed E-state index contributed by atoms with van der Waals surface area (Å²) < 4.78 is 7.29. The van der Waals surface area contributed by atoms with Crippen molar-refractivity contribution in [2.45, 2.75) is 26.3 Å². The van der Waals surface area contributed by atoms with Crippen molar-refractivity contribution in [2.24, 2.45) is 5.73 Å². The molecule has 0 aliphatic heterocycles. The maximum absolute atomic E-state index is 6.09. The van der Waals surface area contributed by atoms with Crippen molar-refractivity contribution in [1.82, 2.24) is 9.55 Å². The molecule has 0 aliphatic carbocycles. The van der Waals surface area contributed by atoms with Gasteiger partial charge in [0, 0.05) is 11.7 Å². The maximum atomic E-state index is 6.09. The van der Waals surface area contributed by atoms with Gasteiger partial charge in [-0.3, -0.25) is 0 Å². The van der Waals surface area contributed by atoms with Gasteiger partial charge in [-0.05, 0) is 37.1 Å². The Morgan fingerprint density at radius 2 is 2.22 bits per heavy atom. The Hall–Kier alpha value is -1.81. The van der Waals surface area contributed by atoms with Crippen LogP contribution in [0.5, 0.6) is 5.75 Å². The minimum Gasteiger partial charge on any atom is -0.496 e. The molecule has 0 spiro atoms. The van der Waals surface area contributed by atoms with Crippen LogP contribution in [0.2, 0.25) is 0 Å². The molecule has 2 rings (SSSR count). The van der Waals surface area contributed by atoms with E-state index in [1.807, 2.05) is 29.8 Å². The molecule has 4 nitrogen and oxygen atoms in total. The zero-order valence-corrected chi connectivity index (χ0v) is 11.1. The third-order valence-corrected chi connectivity index (χ3v) is 3.14. The molecule has 2 aromatic rings. The Morgan fingerprint density at radius 3 is 2.83 bits per heavy atom. The molecule has 18 heavy (non-hydrogen) atoms. The van der Waals surface area contributed by atoms with Crippen LogP contribution < -0.4 is 10.5 Å². The molecule has 1 aromatic heterocycles. The fraction of sp³-hybridized carbons (Fsp3) is 0.357. The number of aromatic nitrogens is 2. The molecular formula is C14H19N3O. The lowest BCUT2D eigenvalue weighted by atomic mass is 10.1. The third-order valence-electron chi connectivity index (χ3n) is 3.14. The van der Waals surface area contributed by atoms with E-state index in [0.29, 0.717) is 0 Å². The van der Waals surface area contributed by atoms with Gasteiger partial charge in [0.15, 0.2) is 0 Å². The molecular weight excluding hydrogens is 226 g/mol. The Balaban J connectivity index is 2.43. The first-order chi connectivity index (χ1) is 8.67. The summed E-state index contributed by atoms with van der Waals surface area (Å²) in [5, 5.41) is 0. The van der Waals surface area contributed by atoms with Crippen LogP contribution in [-0.2, 0) is 0 Å². The third kappa shape index (κ3) is 2.24. The van der Waals surface area contributed by atoms with E-state index in [2.05, 4.69) is 18.0 Å². The normalized spacial score (nSPS) is 12.4. The molecule has 2 N–H and O–H groups in total.